The summed E-state index contributed by atoms with van der Waals surface area (Å²) >= 11 is 0. The van der Waals surface area contributed by atoms with Crippen LogP contribution in [0, 0.1) is 0 Å². The number of aliphatic imine (C=N–C) groups is 1. The maximum Gasteiger partial charge on any atom is 0.346 e. The first-order valence-corrected chi connectivity index (χ1v) is 4.37. The molecule has 2 aromatic rings. The van der Waals surface area contributed by atoms with E-state index in [0.717, 1.165) is 17.1 Å². The van der Waals surface area contributed by atoms with Gasteiger partial charge in [0.15, 0.2) is 0 Å². The number of aromatic nitrogens is 1. The van der Waals surface area contributed by atoms with E-state index in [1.165, 1.54) is 0 Å². The van der Waals surface area contributed by atoms with Crippen molar-refractivity contribution in [3.05, 3.63) is 36.5 Å². The summed E-state index contributed by atoms with van der Waals surface area (Å²) in [6, 6.07) is 9.07. The van der Waals surface area contributed by atoms with Gasteiger partial charge in [0.25, 0.3) is 0 Å². The third-order valence-electron chi connectivity index (χ3n) is 1.91. The Morgan fingerprint density at radius 3 is 3.07 bits per heavy atom. The van der Waals surface area contributed by atoms with Gasteiger partial charge in [0.1, 0.15) is 6.21 Å². The Labute approximate surface area is 85.9 Å². The minimum absolute atomic E-state index is 0.609. The zero-order chi connectivity index (χ0) is 10.7. The molecule has 0 saturated heterocycles. The van der Waals surface area contributed by atoms with Gasteiger partial charge in [-0.3, -0.25) is 4.98 Å². The highest BCUT2D eigenvalue weighted by Gasteiger charge is 1.95. The number of hydrogen-bond acceptors (Lipinski definition) is 3. The number of fused-ring (bicyclic) bond motifs is 1. The second-order valence-electron chi connectivity index (χ2n) is 2.98. The highest BCUT2D eigenvalue weighted by atomic mass is 16.4. The second kappa shape index (κ2) is 3.88. The van der Waals surface area contributed by atoms with Crippen LogP contribution in [-0.4, -0.2) is 22.3 Å². The number of nitrogens with zero attached hydrogens (tertiary/aromatic N) is 2. The van der Waals surface area contributed by atoms with Crippen LogP contribution in [0.15, 0.2) is 41.5 Å². The minimum Gasteiger partial charge on any atom is -0.477 e. The average molecular weight is 200 g/mol. The molecule has 0 bridgehead atoms. The molecular formula is C11H8N2O2. The van der Waals surface area contributed by atoms with Gasteiger partial charge in [0.05, 0.1) is 11.2 Å². The van der Waals surface area contributed by atoms with E-state index < -0.39 is 5.97 Å². The Morgan fingerprint density at radius 1 is 1.40 bits per heavy atom. The molecule has 1 aromatic carbocycles. The first kappa shape index (κ1) is 9.33. The van der Waals surface area contributed by atoms with E-state index in [9.17, 15) is 4.79 Å². The molecule has 0 unspecified atom stereocenters. The van der Waals surface area contributed by atoms with Gasteiger partial charge in [0.2, 0.25) is 0 Å². The molecule has 0 radical (unpaired) electrons. The predicted octanol–water partition coefficient (Wildman–Crippen LogP) is 2.02. The number of hydrogen-bond donors (Lipinski definition) is 1. The molecule has 4 nitrogen and oxygen atoms in total. The molecular weight excluding hydrogens is 192 g/mol. The summed E-state index contributed by atoms with van der Waals surface area (Å²) in [7, 11) is 0. The topological polar surface area (TPSA) is 62.5 Å². The Kier molecular flexibility index (Phi) is 2.41. The summed E-state index contributed by atoms with van der Waals surface area (Å²) in [4.78, 5) is 18.2. The fourth-order valence-electron chi connectivity index (χ4n) is 1.27. The van der Waals surface area contributed by atoms with E-state index >= 15 is 0 Å². The first-order chi connectivity index (χ1) is 7.25. The molecule has 0 fully saturated rings. The standard InChI is InChI=1S/C11H8N2O2/c14-11(15)7-13-9-3-4-10-8(6-9)2-1-5-12-10/h1-7H,(H,14,15). The molecule has 0 spiro atoms. The molecule has 15 heavy (non-hydrogen) atoms. The summed E-state index contributed by atoms with van der Waals surface area (Å²) < 4.78 is 0. The van der Waals surface area contributed by atoms with Gasteiger partial charge in [-0.05, 0) is 24.3 Å². The number of carbonyl (C=O) groups is 1. The number of pyridine rings is 1. The minimum atomic E-state index is -1.05. The van der Waals surface area contributed by atoms with Crippen molar-refractivity contribution in [2.24, 2.45) is 4.99 Å². The van der Waals surface area contributed by atoms with Crippen molar-refractivity contribution in [1.82, 2.24) is 4.98 Å². The molecule has 1 N–H and O–H groups in total. The largest absolute Gasteiger partial charge is 0.477 e. The Hall–Kier alpha value is -2.23. The van der Waals surface area contributed by atoms with Gasteiger partial charge in [0, 0.05) is 11.6 Å². The molecule has 0 aliphatic rings. The highest BCUT2D eigenvalue weighted by Crippen LogP contribution is 2.18. The van der Waals surface area contributed by atoms with E-state index in [4.69, 9.17) is 5.11 Å². The zero-order valence-electron chi connectivity index (χ0n) is 7.79. The summed E-state index contributed by atoms with van der Waals surface area (Å²) in [6.45, 7) is 0. The fourth-order valence-corrected chi connectivity index (χ4v) is 1.27. The molecule has 2 rings (SSSR count). The van der Waals surface area contributed by atoms with Crippen molar-refractivity contribution in [2.45, 2.75) is 0 Å². The lowest BCUT2D eigenvalue weighted by Crippen LogP contribution is -1.93. The predicted molar refractivity (Wildman–Crippen MR) is 57.5 cm³/mol. The van der Waals surface area contributed by atoms with Gasteiger partial charge in [-0.2, -0.15) is 0 Å². The van der Waals surface area contributed by atoms with Crippen LogP contribution >= 0.6 is 0 Å². The normalized spacial score (nSPS) is 10.9. The summed E-state index contributed by atoms with van der Waals surface area (Å²) in [5.74, 6) is -1.05. The van der Waals surface area contributed by atoms with E-state index in [0.29, 0.717) is 5.69 Å². The van der Waals surface area contributed by atoms with Crippen LogP contribution in [0.1, 0.15) is 0 Å². The number of carboxylic acid groups (broad SMARTS) is 1. The fraction of sp³-hybridized carbons (Fsp3) is 0. The van der Waals surface area contributed by atoms with Crippen LogP contribution < -0.4 is 0 Å². The monoisotopic (exact) mass is 200 g/mol. The molecule has 1 aromatic heterocycles. The Balaban J connectivity index is 2.43. The number of benzene rings is 1. The Morgan fingerprint density at radius 2 is 2.27 bits per heavy atom. The lowest BCUT2D eigenvalue weighted by Gasteiger charge is -1.97. The van der Waals surface area contributed by atoms with Crippen molar-refractivity contribution in [3.8, 4) is 0 Å². The molecule has 0 atom stereocenters. The lowest BCUT2D eigenvalue weighted by atomic mass is 10.2. The molecule has 4 heteroatoms. The quantitative estimate of drug-likeness (QED) is 0.754. The van der Waals surface area contributed by atoms with Gasteiger partial charge < -0.3 is 5.11 Å². The SMILES string of the molecule is O=C(O)C=Nc1ccc2ncccc2c1. The van der Waals surface area contributed by atoms with Crippen LogP contribution in [-0.2, 0) is 4.79 Å². The van der Waals surface area contributed by atoms with Crippen molar-refractivity contribution in [3.63, 3.8) is 0 Å². The lowest BCUT2D eigenvalue weighted by molar-refractivity contribution is -0.128. The molecule has 74 valence electrons. The van der Waals surface area contributed by atoms with Crippen LogP contribution in [0.25, 0.3) is 10.9 Å². The maximum absolute atomic E-state index is 10.3. The number of carboxylic acids is 1. The summed E-state index contributed by atoms with van der Waals surface area (Å²) in [6.07, 6.45) is 2.58. The van der Waals surface area contributed by atoms with Gasteiger partial charge in [-0.1, -0.05) is 6.07 Å². The van der Waals surface area contributed by atoms with Gasteiger partial charge in [-0.15, -0.1) is 0 Å². The van der Waals surface area contributed by atoms with Gasteiger partial charge >= 0.3 is 5.97 Å². The van der Waals surface area contributed by atoms with E-state index in [1.54, 1.807) is 18.3 Å². The van der Waals surface area contributed by atoms with Crippen LogP contribution in [0.2, 0.25) is 0 Å². The van der Waals surface area contributed by atoms with Crippen LogP contribution in [0.5, 0.6) is 0 Å². The van der Waals surface area contributed by atoms with Crippen molar-refractivity contribution < 1.29 is 9.90 Å². The maximum atomic E-state index is 10.3. The molecule has 0 saturated carbocycles. The smallest absolute Gasteiger partial charge is 0.346 e. The van der Waals surface area contributed by atoms with E-state index in [1.807, 2.05) is 18.2 Å². The third kappa shape index (κ3) is 2.17. The van der Waals surface area contributed by atoms with Gasteiger partial charge in [-0.25, -0.2) is 9.79 Å². The van der Waals surface area contributed by atoms with E-state index in [2.05, 4.69) is 9.98 Å². The van der Waals surface area contributed by atoms with Crippen LogP contribution in [0.4, 0.5) is 5.69 Å². The zero-order valence-corrected chi connectivity index (χ0v) is 7.79. The molecule has 0 aliphatic heterocycles. The van der Waals surface area contributed by atoms with Crippen molar-refractivity contribution in [1.29, 1.82) is 0 Å². The van der Waals surface area contributed by atoms with E-state index in [-0.39, 0.29) is 0 Å². The first-order valence-electron chi connectivity index (χ1n) is 4.37. The average Bonchev–Trinajstić information content (AvgIpc) is 2.26. The number of aliphatic carboxylic acids is 1. The van der Waals surface area contributed by atoms with Crippen LogP contribution in [0.3, 0.4) is 0 Å². The molecule has 0 amide bonds. The number of rotatable bonds is 2. The van der Waals surface area contributed by atoms with Crippen molar-refractivity contribution >= 4 is 28.8 Å². The summed E-state index contributed by atoms with van der Waals surface area (Å²) in [5, 5.41) is 9.37. The second-order valence-corrected chi connectivity index (χ2v) is 2.98. The third-order valence-corrected chi connectivity index (χ3v) is 1.91. The molecule has 1 heterocycles. The van der Waals surface area contributed by atoms with Crippen molar-refractivity contribution in [2.75, 3.05) is 0 Å². The Bertz CT molecular complexity index is 535. The molecule has 0 aliphatic carbocycles. The highest BCUT2D eigenvalue weighted by molar-refractivity contribution is 6.22. The summed E-state index contributed by atoms with van der Waals surface area (Å²) in [5.41, 5.74) is 1.48.